The number of Topliss-reactive ketones (excluding diaryl/α,β-unsaturated/α-hetero) is 1. The number of aldehydes is 1. The first kappa shape index (κ1) is 22.2. The lowest BCUT2D eigenvalue weighted by molar-refractivity contribution is -0.164. The van der Waals surface area contributed by atoms with Crippen molar-refractivity contribution in [3.8, 4) is 5.75 Å². The number of esters is 2. The third-order valence-electron chi connectivity index (χ3n) is 6.85. The Labute approximate surface area is 177 Å². The second-order valence-electron chi connectivity index (χ2n) is 9.68. The summed E-state index contributed by atoms with van der Waals surface area (Å²) in [5.41, 5.74) is 0.746. The van der Waals surface area contributed by atoms with Crippen molar-refractivity contribution in [2.24, 2.45) is 17.3 Å². The quantitative estimate of drug-likeness (QED) is 0.420. The van der Waals surface area contributed by atoms with Gasteiger partial charge in [-0.1, -0.05) is 34.6 Å². The highest BCUT2D eigenvalue weighted by Crippen LogP contribution is 2.60. The van der Waals surface area contributed by atoms with E-state index in [1.807, 2.05) is 26.8 Å². The van der Waals surface area contributed by atoms with E-state index in [0.717, 1.165) is 23.0 Å². The summed E-state index contributed by atoms with van der Waals surface area (Å²) >= 11 is 0. The van der Waals surface area contributed by atoms with Gasteiger partial charge >= 0.3 is 11.9 Å². The number of benzene rings is 1. The molecule has 0 saturated heterocycles. The highest BCUT2D eigenvalue weighted by molar-refractivity contribution is 5.93. The van der Waals surface area contributed by atoms with Crippen LogP contribution in [0.4, 0.5) is 0 Å². The fourth-order valence-electron chi connectivity index (χ4n) is 5.53. The van der Waals surface area contributed by atoms with E-state index in [1.54, 1.807) is 19.9 Å². The van der Waals surface area contributed by atoms with E-state index < -0.39 is 40.7 Å². The number of fused-ring (bicyclic) bond motifs is 4. The lowest BCUT2D eigenvalue weighted by Crippen LogP contribution is -2.58. The first-order valence-corrected chi connectivity index (χ1v) is 10.4. The largest absolute Gasteiger partial charge is 0.457 e. The summed E-state index contributed by atoms with van der Waals surface area (Å²) in [5, 5.41) is 0. The van der Waals surface area contributed by atoms with Gasteiger partial charge in [0.1, 0.15) is 23.9 Å². The van der Waals surface area contributed by atoms with Crippen molar-refractivity contribution in [1.82, 2.24) is 0 Å². The lowest BCUT2D eigenvalue weighted by atomic mass is 9.47. The summed E-state index contributed by atoms with van der Waals surface area (Å²) in [7, 11) is 0. The lowest BCUT2D eigenvalue weighted by Gasteiger charge is -2.55. The van der Waals surface area contributed by atoms with Crippen molar-refractivity contribution in [2.45, 2.75) is 72.3 Å². The second kappa shape index (κ2) is 7.33. The summed E-state index contributed by atoms with van der Waals surface area (Å²) in [4.78, 5) is 49.3. The van der Waals surface area contributed by atoms with Crippen LogP contribution in [0.15, 0.2) is 12.1 Å². The molecule has 1 fully saturated rings. The van der Waals surface area contributed by atoms with Gasteiger partial charge in [0, 0.05) is 30.6 Å². The van der Waals surface area contributed by atoms with Gasteiger partial charge in [0.05, 0.1) is 5.92 Å². The van der Waals surface area contributed by atoms with Crippen LogP contribution >= 0.6 is 0 Å². The fraction of sp³-hybridized carbons (Fsp3) is 0.583. The molecule has 0 aromatic heterocycles. The average molecular weight is 414 g/mol. The Morgan fingerprint density at radius 1 is 1.13 bits per heavy atom. The number of ether oxygens (including phenoxy) is 2. The number of hydrogen-bond donors (Lipinski definition) is 0. The predicted molar refractivity (Wildman–Crippen MR) is 110 cm³/mol. The zero-order valence-electron chi connectivity index (χ0n) is 18.7. The monoisotopic (exact) mass is 414 g/mol. The van der Waals surface area contributed by atoms with E-state index in [2.05, 4.69) is 0 Å². The van der Waals surface area contributed by atoms with E-state index in [-0.39, 0.29) is 11.7 Å². The molecule has 162 valence electrons. The summed E-state index contributed by atoms with van der Waals surface area (Å²) < 4.78 is 11.2. The van der Waals surface area contributed by atoms with Crippen LogP contribution in [0, 0.1) is 17.3 Å². The minimum atomic E-state index is -0.909. The van der Waals surface area contributed by atoms with E-state index in [4.69, 9.17) is 9.47 Å². The minimum absolute atomic E-state index is 0.0335. The van der Waals surface area contributed by atoms with Gasteiger partial charge in [-0.2, -0.15) is 0 Å². The average Bonchev–Trinajstić information content (AvgIpc) is 2.61. The highest BCUT2D eigenvalue weighted by Gasteiger charge is 2.61. The highest BCUT2D eigenvalue weighted by atomic mass is 16.5. The number of carbonyl (C=O) groups is 4. The molecule has 0 unspecified atom stereocenters. The molecule has 1 aromatic carbocycles. The third kappa shape index (κ3) is 3.26. The molecule has 6 heteroatoms. The minimum Gasteiger partial charge on any atom is -0.457 e. The molecule has 1 aromatic rings. The summed E-state index contributed by atoms with van der Waals surface area (Å²) in [5.74, 6) is -1.57. The maximum absolute atomic E-state index is 13.4. The Morgan fingerprint density at radius 3 is 2.27 bits per heavy atom. The second-order valence-corrected chi connectivity index (χ2v) is 9.68. The number of rotatable bonds is 4. The maximum atomic E-state index is 13.4. The molecule has 0 N–H and O–H groups in total. The molecule has 0 aliphatic heterocycles. The van der Waals surface area contributed by atoms with Gasteiger partial charge < -0.3 is 14.3 Å². The van der Waals surface area contributed by atoms with E-state index in [1.165, 1.54) is 13.8 Å². The van der Waals surface area contributed by atoms with E-state index in [9.17, 15) is 19.2 Å². The zero-order valence-corrected chi connectivity index (χ0v) is 18.7. The van der Waals surface area contributed by atoms with E-state index in [0.29, 0.717) is 12.2 Å². The number of ketones is 1. The molecule has 0 spiro atoms. The number of hydrogen-bond acceptors (Lipinski definition) is 6. The summed E-state index contributed by atoms with van der Waals surface area (Å²) in [6.07, 6.45) is 0.532. The van der Waals surface area contributed by atoms with Gasteiger partial charge in [-0.15, -0.1) is 0 Å². The van der Waals surface area contributed by atoms with Gasteiger partial charge in [-0.3, -0.25) is 14.4 Å². The molecular formula is C24H30O6. The predicted octanol–water partition coefficient (Wildman–Crippen LogP) is 4.04. The fourth-order valence-corrected chi connectivity index (χ4v) is 5.53. The SMILES string of the molecule is CC(=O)Oc1cc2c(cc1C(C)C)[C@@H](OC(C)=O)[C@@H]1C[C@@]2(C)[C@@H](C=O)C(C)(C)C1=O. The molecular weight excluding hydrogens is 384 g/mol. The molecule has 1 saturated carbocycles. The van der Waals surface area contributed by atoms with Crippen LogP contribution < -0.4 is 4.74 Å². The third-order valence-corrected chi connectivity index (χ3v) is 6.85. The molecule has 0 amide bonds. The van der Waals surface area contributed by atoms with Crippen molar-refractivity contribution in [1.29, 1.82) is 0 Å². The van der Waals surface area contributed by atoms with Crippen molar-refractivity contribution in [3.63, 3.8) is 0 Å². The zero-order chi connectivity index (χ0) is 22.6. The van der Waals surface area contributed by atoms with Crippen LogP contribution in [0.2, 0.25) is 0 Å². The normalized spacial score (nSPS) is 29.2. The van der Waals surface area contributed by atoms with Gasteiger partial charge in [0.2, 0.25) is 0 Å². The van der Waals surface area contributed by atoms with Crippen LogP contribution in [0.5, 0.6) is 5.75 Å². The molecule has 6 nitrogen and oxygen atoms in total. The maximum Gasteiger partial charge on any atom is 0.308 e. The Kier molecular flexibility index (Phi) is 5.42. The van der Waals surface area contributed by atoms with Crippen LogP contribution in [-0.4, -0.2) is 24.0 Å². The molecule has 3 rings (SSSR count). The van der Waals surface area contributed by atoms with Crippen molar-refractivity contribution in [3.05, 3.63) is 28.8 Å². The Hall–Kier alpha value is -2.50. The van der Waals surface area contributed by atoms with Gasteiger partial charge in [-0.25, -0.2) is 0 Å². The van der Waals surface area contributed by atoms with Crippen LogP contribution in [0.1, 0.15) is 83.6 Å². The molecule has 4 atom stereocenters. The van der Waals surface area contributed by atoms with Crippen molar-refractivity contribution < 1.29 is 28.7 Å². The van der Waals surface area contributed by atoms with E-state index >= 15 is 0 Å². The Bertz CT molecular complexity index is 928. The molecule has 2 bridgehead atoms. The molecule has 2 aliphatic rings. The smallest absolute Gasteiger partial charge is 0.308 e. The van der Waals surface area contributed by atoms with Crippen LogP contribution in [-0.2, 0) is 29.3 Å². The first-order valence-electron chi connectivity index (χ1n) is 10.4. The van der Waals surface area contributed by atoms with Gasteiger partial charge in [-0.05, 0) is 41.2 Å². The molecule has 30 heavy (non-hydrogen) atoms. The topological polar surface area (TPSA) is 86.7 Å². The van der Waals surface area contributed by atoms with Crippen LogP contribution in [0.3, 0.4) is 0 Å². The van der Waals surface area contributed by atoms with Crippen LogP contribution in [0.25, 0.3) is 0 Å². The molecule has 2 aliphatic carbocycles. The van der Waals surface area contributed by atoms with Gasteiger partial charge in [0.25, 0.3) is 0 Å². The Balaban J connectivity index is 2.35. The Morgan fingerprint density at radius 2 is 1.77 bits per heavy atom. The number of carbonyl (C=O) groups excluding carboxylic acids is 4. The summed E-state index contributed by atoms with van der Waals surface area (Å²) in [6, 6.07) is 3.69. The summed E-state index contributed by atoms with van der Waals surface area (Å²) in [6.45, 7) is 12.2. The molecule has 0 radical (unpaired) electrons. The molecule has 0 heterocycles. The van der Waals surface area contributed by atoms with Crippen molar-refractivity contribution in [2.75, 3.05) is 0 Å². The standard InChI is InChI=1S/C24H30O6/c1-12(2)15-8-16-18(9-19(15)29-13(3)26)24(7)10-17(21(16)30-14(4)27)22(28)23(5,6)20(24)11-25/h8-9,11-12,17,20-21H,10H2,1-7H3/t17-,20-,21+,24+/m0/s1. The first-order chi connectivity index (χ1) is 13.8. The van der Waals surface area contributed by atoms with Gasteiger partial charge in [0.15, 0.2) is 0 Å². The van der Waals surface area contributed by atoms with Crippen molar-refractivity contribution >= 4 is 24.0 Å².